The van der Waals surface area contributed by atoms with E-state index in [9.17, 15) is 9.90 Å². The molecular formula is C12H17N3O3. The molecule has 0 radical (unpaired) electrons. The zero-order valence-corrected chi connectivity index (χ0v) is 10.1. The minimum atomic E-state index is -0.302. The highest BCUT2D eigenvalue weighted by Crippen LogP contribution is 2.11. The maximum atomic E-state index is 11.9. The minimum absolute atomic E-state index is 0.0344. The third-order valence-corrected chi connectivity index (χ3v) is 2.52. The molecule has 0 fully saturated rings. The smallest absolute Gasteiger partial charge is 0.251 e. The van der Waals surface area contributed by atoms with Crippen LogP contribution >= 0.6 is 0 Å². The molecule has 0 heterocycles. The number of nitrogens with zero attached hydrogens (tertiary/aromatic N) is 1. The van der Waals surface area contributed by atoms with Crippen LogP contribution in [0.25, 0.3) is 0 Å². The Bertz CT molecular complexity index is 446. The molecule has 0 aliphatic heterocycles. The molecule has 0 bridgehead atoms. The van der Waals surface area contributed by atoms with Gasteiger partial charge in [0.15, 0.2) is 0 Å². The number of phenolic OH excluding ortho intramolecular Hbond substituents is 1. The van der Waals surface area contributed by atoms with Crippen LogP contribution in [-0.4, -0.2) is 28.1 Å². The number of carbonyl (C=O) groups is 1. The number of nitrogens with two attached hydrogens (primary N) is 1. The number of carbonyl (C=O) groups excluding carboxylic acids is 1. The average Bonchev–Trinajstić information content (AvgIpc) is 2.37. The first kappa shape index (κ1) is 13.8. The molecule has 1 aromatic carbocycles. The summed E-state index contributed by atoms with van der Waals surface area (Å²) < 4.78 is 0. The Labute approximate surface area is 105 Å². The molecule has 18 heavy (non-hydrogen) atoms. The molecule has 1 atom stereocenters. The Morgan fingerprint density at radius 2 is 2.28 bits per heavy atom. The third-order valence-electron chi connectivity index (χ3n) is 2.52. The van der Waals surface area contributed by atoms with Gasteiger partial charge in [-0.2, -0.15) is 0 Å². The van der Waals surface area contributed by atoms with Crippen molar-refractivity contribution in [3.05, 3.63) is 29.8 Å². The number of aromatic hydroxyl groups is 1. The minimum Gasteiger partial charge on any atom is -0.508 e. The average molecular weight is 251 g/mol. The number of oxime groups is 1. The lowest BCUT2D eigenvalue weighted by Crippen LogP contribution is -2.37. The summed E-state index contributed by atoms with van der Waals surface area (Å²) in [5.41, 5.74) is 5.77. The van der Waals surface area contributed by atoms with E-state index < -0.39 is 0 Å². The highest BCUT2D eigenvalue weighted by molar-refractivity contribution is 5.95. The Balaban J connectivity index is 2.68. The largest absolute Gasteiger partial charge is 0.508 e. The van der Waals surface area contributed by atoms with E-state index in [4.69, 9.17) is 10.9 Å². The highest BCUT2D eigenvalue weighted by Gasteiger charge is 2.14. The molecule has 6 nitrogen and oxygen atoms in total. The van der Waals surface area contributed by atoms with E-state index >= 15 is 0 Å². The summed E-state index contributed by atoms with van der Waals surface area (Å²) >= 11 is 0. The normalized spacial score (nSPS) is 13.1. The summed E-state index contributed by atoms with van der Waals surface area (Å²) in [6.07, 6.45) is 0.929. The Kier molecular flexibility index (Phi) is 4.98. The van der Waals surface area contributed by atoms with Crippen molar-refractivity contribution in [2.24, 2.45) is 10.9 Å². The Morgan fingerprint density at radius 1 is 1.56 bits per heavy atom. The molecule has 0 saturated heterocycles. The maximum Gasteiger partial charge on any atom is 0.251 e. The van der Waals surface area contributed by atoms with Crippen LogP contribution in [0.15, 0.2) is 29.4 Å². The van der Waals surface area contributed by atoms with Crippen LogP contribution in [-0.2, 0) is 0 Å². The van der Waals surface area contributed by atoms with E-state index in [1.165, 1.54) is 12.1 Å². The van der Waals surface area contributed by atoms with Crippen molar-refractivity contribution >= 4 is 11.7 Å². The van der Waals surface area contributed by atoms with Gasteiger partial charge in [0.25, 0.3) is 5.91 Å². The Hall–Kier alpha value is -2.24. The molecule has 0 spiro atoms. The van der Waals surface area contributed by atoms with Gasteiger partial charge in [-0.3, -0.25) is 4.79 Å². The first-order chi connectivity index (χ1) is 8.56. The molecule has 0 saturated carbocycles. The van der Waals surface area contributed by atoms with Crippen molar-refractivity contribution in [3.63, 3.8) is 0 Å². The van der Waals surface area contributed by atoms with Crippen LogP contribution in [0, 0.1) is 0 Å². The molecule has 0 aliphatic carbocycles. The zero-order valence-electron chi connectivity index (χ0n) is 10.1. The first-order valence-corrected chi connectivity index (χ1v) is 5.63. The SMILES string of the molecule is CCC(CC(N)=NO)NC(=O)c1cccc(O)c1. The van der Waals surface area contributed by atoms with Crippen LogP contribution in [0.5, 0.6) is 5.75 Å². The lowest BCUT2D eigenvalue weighted by Gasteiger charge is -2.16. The van der Waals surface area contributed by atoms with Gasteiger partial charge < -0.3 is 21.4 Å². The van der Waals surface area contributed by atoms with Crippen molar-refractivity contribution in [1.29, 1.82) is 0 Å². The van der Waals surface area contributed by atoms with Crippen molar-refractivity contribution in [2.75, 3.05) is 0 Å². The summed E-state index contributed by atoms with van der Waals surface area (Å²) in [7, 11) is 0. The van der Waals surface area contributed by atoms with Crippen molar-refractivity contribution in [1.82, 2.24) is 5.32 Å². The summed E-state index contributed by atoms with van der Waals surface area (Å²) in [4.78, 5) is 11.9. The van der Waals surface area contributed by atoms with Crippen LogP contribution < -0.4 is 11.1 Å². The number of phenols is 1. The van der Waals surface area contributed by atoms with E-state index in [1.54, 1.807) is 12.1 Å². The van der Waals surface area contributed by atoms with Crippen molar-refractivity contribution in [3.8, 4) is 5.75 Å². The first-order valence-electron chi connectivity index (χ1n) is 5.63. The second-order valence-corrected chi connectivity index (χ2v) is 3.92. The number of hydrogen-bond acceptors (Lipinski definition) is 4. The van der Waals surface area contributed by atoms with E-state index in [2.05, 4.69) is 10.5 Å². The van der Waals surface area contributed by atoms with E-state index in [0.29, 0.717) is 12.0 Å². The summed E-state index contributed by atoms with van der Waals surface area (Å²) in [5, 5.41) is 23.4. The fourth-order valence-corrected chi connectivity index (χ4v) is 1.51. The molecule has 5 N–H and O–H groups in total. The van der Waals surface area contributed by atoms with Gasteiger partial charge in [0.05, 0.1) is 0 Å². The van der Waals surface area contributed by atoms with Gasteiger partial charge in [-0.1, -0.05) is 18.1 Å². The highest BCUT2D eigenvalue weighted by atomic mass is 16.4. The van der Waals surface area contributed by atoms with Crippen molar-refractivity contribution in [2.45, 2.75) is 25.8 Å². The van der Waals surface area contributed by atoms with E-state index in [0.717, 1.165) is 0 Å². The van der Waals surface area contributed by atoms with Gasteiger partial charge in [0.2, 0.25) is 0 Å². The standard InChI is InChI=1S/C12H17N3O3/c1-2-9(7-11(13)15-18)14-12(17)8-4-3-5-10(16)6-8/h3-6,9,16,18H,2,7H2,1H3,(H2,13,15)(H,14,17). The molecule has 0 aliphatic rings. The molecular weight excluding hydrogens is 234 g/mol. The zero-order chi connectivity index (χ0) is 13.5. The van der Waals surface area contributed by atoms with Gasteiger partial charge in [0.1, 0.15) is 11.6 Å². The molecule has 1 aromatic rings. The fraction of sp³-hybridized carbons (Fsp3) is 0.333. The molecule has 1 amide bonds. The number of benzene rings is 1. The number of amides is 1. The molecule has 6 heteroatoms. The van der Waals surface area contributed by atoms with Gasteiger partial charge >= 0.3 is 0 Å². The van der Waals surface area contributed by atoms with Crippen LogP contribution in [0.3, 0.4) is 0 Å². The summed E-state index contributed by atoms with van der Waals surface area (Å²) in [6.45, 7) is 1.89. The summed E-state index contributed by atoms with van der Waals surface area (Å²) in [5.74, 6) is -0.200. The van der Waals surface area contributed by atoms with Gasteiger partial charge in [-0.15, -0.1) is 0 Å². The maximum absolute atomic E-state index is 11.9. The summed E-state index contributed by atoms with van der Waals surface area (Å²) in [6, 6.07) is 5.85. The van der Waals surface area contributed by atoms with Gasteiger partial charge in [-0.25, -0.2) is 0 Å². The number of amidine groups is 1. The second-order valence-electron chi connectivity index (χ2n) is 3.92. The number of rotatable bonds is 5. The van der Waals surface area contributed by atoms with Crippen LogP contribution in [0.4, 0.5) is 0 Å². The molecule has 0 aromatic heterocycles. The quantitative estimate of drug-likeness (QED) is 0.271. The van der Waals surface area contributed by atoms with Gasteiger partial charge in [0, 0.05) is 18.0 Å². The molecule has 98 valence electrons. The fourth-order valence-electron chi connectivity index (χ4n) is 1.51. The third kappa shape index (κ3) is 3.97. The van der Waals surface area contributed by atoms with E-state index in [-0.39, 0.29) is 30.0 Å². The van der Waals surface area contributed by atoms with Crippen LogP contribution in [0.1, 0.15) is 30.1 Å². The lowest BCUT2D eigenvalue weighted by molar-refractivity contribution is 0.0936. The molecule has 1 unspecified atom stereocenters. The number of nitrogens with one attached hydrogen (secondary N) is 1. The second kappa shape index (κ2) is 6.48. The van der Waals surface area contributed by atoms with Crippen molar-refractivity contribution < 1.29 is 15.1 Å². The van der Waals surface area contributed by atoms with Crippen LogP contribution in [0.2, 0.25) is 0 Å². The topological polar surface area (TPSA) is 108 Å². The number of hydrogen-bond donors (Lipinski definition) is 4. The van der Waals surface area contributed by atoms with E-state index in [1.807, 2.05) is 6.92 Å². The predicted octanol–water partition coefficient (Wildman–Crippen LogP) is 1.04. The van der Waals surface area contributed by atoms with Gasteiger partial charge in [-0.05, 0) is 24.6 Å². The monoisotopic (exact) mass is 251 g/mol. The molecule has 1 rings (SSSR count). The lowest BCUT2D eigenvalue weighted by atomic mass is 10.1. The Morgan fingerprint density at radius 3 is 2.83 bits per heavy atom. The predicted molar refractivity (Wildman–Crippen MR) is 67.7 cm³/mol.